The molecule has 7 nitrogen and oxygen atoms in total. The van der Waals surface area contributed by atoms with Crippen LogP contribution in [0.15, 0.2) is 22.8 Å². The highest BCUT2D eigenvalue weighted by atomic mass is 16.4. The second-order valence-electron chi connectivity index (χ2n) is 4.62. The number of carbonyl (C=O) groups excluding carboxylic acids is 2. The maximum Gasteiger partial charge on any atom is 0.328 e. The molecule has 0 aromatic carbocycles. The molecule has 0 aliphatic carbocycles. The first kappa shape index (κ1) is 14.7. The maximum atomic E-state index is 11.8. The standard InChI is InChI=1S/C12H16N2O5/c1-12(2,11(17)18)13-9(15)7-14(3)10(16)8-5-4-6-19-8/h4-6H,7H2,1-3H3,(H,13,15)(H,17,18). The molecule has 1 aromatic heterocycles. The topological polar surface area (TPSA) is 99.9 Å². The van der Waals surface area contributed by atoms with Crippen LogP contribution in [0.1, 0.15) is 24.4 Å². The number of nitrogens with one attached hydrogen (secondary N) is 1. The third-order valence-electron chi connectivity index (χ3n) is 2.45. The number of hydrogen-bond donors (Lipinski definition) is 2. The lowest BCUT2D eigenvalue weighted by atomic mass is 10.1. The van der Waals surface area contributed by atoms with Crippen LogP contribution in [0.3, 0.4) is 0 Å². The van der Waals surface area contributed by atoms with E-state index in [0.29, 0.717) is 0 Å². The highest BCUT2D eigenvalue weighted by Crippen LogP contribution is 2.05. The summed E-state index contributed by atoms with van der Waals surface area (Å²) in [7, 11) is 1.43. The van der Waals surface area contributed by atoms with Gasteiger partial charge in [-0.1, -0.05) is 0 Å². The molecule has 0 unspecified atom stereocenters. The maximum absolute atomic E-state index is 11.8. The van der Waals surface area contributed by atoms with Crippen molar-refractivity contribution in [2.24, 2.45) is 0 Å². The van der Waals surface area contributed by atoms with Crippen LogP contribution in [-0.4, -0.2) is 46.9 Å². The molecule has 1 heterocycles. The summed E-state index contributed by atoms with van der Waals surface area (Å²) in [5.74, 6) is -2.04. The number of aliphatic carboxylic acids is 1. The zero-order valence-electron chi connectivity index (χ0n) is 11.0. The van der Waals surface area contributed by atoms with Gasteiger partial charge in [0.1, 0.15) is 5.54 Å². The van der Waals surface area contributed by atoms with Crippen LogP contribution in [0, 0.1) is 0 Å². The molecule has 0 saturated carbocycles. The second-order valence-corrected chi connectivity index (χ2v) is 4.62. The smallest absolute Gasteiger partial charge is 0.328 e. The Morgan fingerprint density at radius 2 is 2.05 bits per heavy atom. The first-order valence-corrected chi connectivity index (χ1v) is 5.57. The Hall–Kier alpha value is -2.31. The van der Waals surface area contributed by atoms with E-state index in [2.05, 4.69) is 5.32 Å². The summed E-state index contributed by atoms with van der Waals surface area (Å²) in [5.41, 5.74) is -1.38. The van der Waals surface area contributed by atoms with Crippen molar-refractivity contribution in [1.82, 2.24) is 10.2 Å². The molecule has 19 heavy (non-hydrogen) atoms. The van der Waals surface area contributed by atoms with Crippen LogP contribution >= 0.6 is 0 Å². The first-order valence-electron chi connectivity index (χ1n) is 5.57. The SMILES string of the molecule is CN(CC(=O)NC(C)(C)C(=O)O)C(=O)c1ccco1. The summed E-state index contributed by atoms with van der Waals surface area (Å²) in [6.07, 6.45) is 1.36. The van der Waals surface area contributed by atoms with E-state index in [-0.39, 0.29) is 12.3 Å². The Morgan fingerprint density at radius 3 is 2.53 bits per heavy atom. The van der Waals surface area contributed by atoms with E-state index in [4.69, 9.17) is 9.52 Å². The Balaban J connectivity index is 2.58. The molecular weight excluding hydrogens is 252 g/mol. The predicted octanol–water partition coefficient (Wildman–Crippen LogP) is 0.331. The lowest BCUT2D eigenvalue weighted by Crippen LogP contribution is -2.52. The lowest BCUT2D eigenvalue weighted by Gasteiger charge is -2.23. The van der Waals surface area contributed by atoms with E-state index >= 15 is 0 Å². The van der Waals surface area contributed by atoms with Gasteiger partial charge in [0, 0.05) is 7.05 Å². The van der Waals surface area contributed by atoms with E-state index < -0.39 is 23.3 Å². The van der Waals surface area contributed by atoms with E-state index in [0.717, 1.165) is 4.90 Å². The van der Waals surface area contributed by atoms with Crippen molar-refractivity contribution in [3.8, 4) is 0 Å². The highest BCUT2D eigenvalue weighted by Gasteiger charge is 2.29. The molecule has 104 valence electrons. The quantitative estimate of drug-likeness (QED) is 0.801. The van der Waals surface area contributed by atoms with Gasteiger partial charge in [-0.15, -0.1) is 0 Å². The molecule has 0 atom stereocenters. The van der Waals surface area contributed by atoms with Crippen LogP contribution in [0.4, 0.5) is 0 Å². The fraction of sp³-hybridized carbons (Fsp3) is 0.417. The molecule has 0 spiro atoms. The van der Waals surface area contributed by atoms with Gasteiger partial charge < -0.3 is 19.7 Å². The van der Waals surface area contributed by atoms with Gasteiger partial charge in [-0.05, 0) is 26.0 Å². The van der Waals surface area contributed by atoms with Crippen molar-refractivity contribution in [3.63, 3.8) is 0 Å². The number of carboxylic acid groups (broad SMARTS) is 1. The third kappa shape index (κ3) is 3.84. The highest BCUT2D eigenvalue weighted by molar-refractivity contribution is 5.95. The van der Waals surface area contributed by atoms with Gasteiger partial charge in [0.2, 0.25) is 5.91 Å². The molecule has 0 aliphatic heterocycles. The van der Waals surface area contributed by atoms with Crippen molar-refractivity contribution in [2.75, 3.05) is 13.6 Å². The molecule has 2 amide bonds. The summed E-state index contributed by atoms with van der Waals surface area (Å²) < 4.78 is 4.92. The molecule has 0 fully saturated rings. The summed E-state index contributed by atoms with van der Waals surface area (Å²) in [6.45, 7) is 2.47. The van der Waals surface area contributed by atoms with E-state index in [1.807, 2.05) is 0 Å². The number of likely N-dealkylation sites (N-methyl/N-ethyl adjacent to an activating group) is 1. The van der Waals surface area contributed by atoms with Crippen molar-refractivity contribution >= 4 is 17.8 Å². The van der Waals surface area contributed by atoms with Gasteiger partial charge in [0.05, 0.1) is 12.8 Å². The molecule has 0 aliphatic rings. The van der Waals surface area contributed by atoms with Gasteiger partial charge in [-0.3, -0.25) is 9.59 Å². The predicted molar refractivity (Wildman–Crippen MR) is 65.5 cm³/mol. The minimum atomic E-state index is -1.38. The molecule has 0 radical (unpaired) electrons. The molecule has 7 heteroatoms. The molecule has 0 bridgehead atoms. The summed E-state index contributed by atoms with van der Waals surface area (Å²) in [6, 6.07) is 3.05. The van der Waals surface area contributed by atoms with Gasteiger partial charge in [0.25, 0.3) is 5.91 Å². The summed E-state index contributed by atoms with van der Waals surface area (Å²) >= 11 is 0. The molecule has 1 aromatic rings. The molecule has 1 rings (SSSR count). The van der Waals surface area contributed by atoms with E-state index in [9.17, 15) is 14.4 Å². The Labute approximate surface area is 110 Å². The normalized spacial score (nSPS) is 10.9. The lowest BCUT2D eigenvalue weighted by molar-refractivity contribution is -0.146. The number of hydrogen-bond acceptors (Lipinski definition) is 4. The van der Waals surface area contributed by atoms with Gasteiger partial charge in [-0.25, -0.2) is 4.79 Å². The minimum Gasteiger partial charge on any atom is -0.480 e. The van der Waals surface area contributed by atoms with E-state index in [1.165, 1.54) is 33.2 Å². The van der Waals surface area contributed by atoms with Gasteiger partial charge in [-0.2, -0.15) is 0 Å². The number of amides is 2. The van der Waals surface area contributed by atoms with Gasteiger partial charge >= 0.3 is 5.97 Å². The minimum absolute atomic E-state index is 0.118. The van der Waals surface area contributed by atoms with Crippen LogP contribution < -0.4 is 5.32 Å². The number of carboxylic acids is 1. The van der Waals surface area contributed by atoms with E-state index in [1.54, 1.807) is 6.07 Å². The summed E-state index contributed by atoms with van der Waals surface area (Å²) in [5, 5.41) is 11.2. The number of rotatable bonds is 5. The number of carbonyl (C=O) groups is 3. The Morgan fingerprint density at radius 1 is 1.42 bits per heavy atom. The zero-order chi connectivity index (χ0) is 14.6. The fourth-order valence-electron chi connectivity index (χ4n) is 1.32. The molecule has 0 saturated heterocycles. The fourth-order valence-corrected chi connectivity index (χ4v) is 1.32. The van der Waals surface area contributed by atoms with Crippen LogP contribution in [0.2, 0.25) is 0 Å². The summed E-state index contributed by atoms with van der Waals surface area (Å²) in [4.78, 5) is 35.4. The Bertz CT molecular complexity index is 478. The molecule has 2 N–H and O–H groups in total. The Kier molecular flexibility index (Phi) is 4.31. The van der Waals surface area contributed by atoms with Crippen molar-refractivity contribution in [2.45, 2.75) is 19.4 Å². The van der Waals surface area contributed by atoms with Crippen LogP contribution in [0.25, 0.3) is 0 Å². The zero-order valence-corrected chi connectivity index (χ0v) is 11.0. The van der Waals surface area contributed by atoms with Crippen molar-refractivity contribution in [1.29, 1.82) is 0 Å². The van der Waals surface area contributed by atoms with Crippen LogP contribution in [0.5, 0.6) is 0 Å². The van der Waals surface area contributed by atoms with Crippen molar-refractivity contribution < 1.29 is 23.9 Å². The largest absolute Gasteiger partial charge is 0.480 e. The third-order valence-corrected chi connectivity index (χ3v) is 2.45. The monoisotopic (exact) mass is 268 g/mol. The van der Waals surface area contributed by atoms with Crippen molar-refractivity contribution in [3.05, 3.63) is 24.2 Å². The van der Waals surface area contributed by atoms with Crippen LogP contribution in [-0.2, 0) is 9.59 Å². The second kappa shape index (κ2) is 5.55. The number of nitrogens with zero attached hydrogens (tertiary/aromatic N) is 1. The average Bonchev–Trinajstić information content (AvgIpc) is 2.79. The molecular formula is C12H16N2O5. The number of furan rings is 1. The van der Waals surface area contributed by atoms with Gasteiger partial charge in [0.15, 0.2) is 5.76 Å². The first-order chi connectivity index (χ1) is 8.74. The average molecular weight is 268 g/mol.